The molecule has 0 aliphatic carbocycles. The average molecular weight is 208 g/mol. The van der Waals surface area contributed by atoms with Crippen LogP contribution in [0, 0.1) is 0 Å². The molecule has 1 aliphatic rings. The van der Waals surface area contributed by atoms with Gasteiger partial charge in [0.25, 0.3) is 0 Å². The normalized spacial score (nSPS) is 25.4. The fourth-order valence-corrected chi connectivity index (χ4v) is 1.72. The van der Waals surface area contributed by atoms with Crippen molar-refractivity contribution in [3.05, 3.63) is 35.4 Å². The summed E-state index contributed by atoms with van der Waals surface area (Å²) in [4.78, 5) is 10.8. The lowest BCUT2D eigenvalue weighted by Crippen LogP contribution is -2.25. The Morgan fingerprint density at radius 2 is 2.27 bits per heavy atom. The molecule has 2 N–H and O–H groups in total. The van der Waals surface area contributed by atoms with Crippen LogP contribution in [0.3, 0.4) is 0 Å². The highest BCUT2D eigenvalue weighted by Crippen LogP contribution is 2.30. The Morgan fingerprint density at radius 3 is 2.87 bits per heavy atom. The number of rotatable bonds is 2. The molecule has 1 unspecified atom stereocenters. The number of aromatic carboxylic acids is 1. The topological polar surface area (TPSA) is 66.8 Å². The van der Waals surface area contributed by atoms with Gasteiger partial charge in [0.2, 0.25) is 0 Å². The lowest BCUT2D eigenvalue weighted by Gasteiger charge is -2.20. The Bertz CT molecular complexity index is 380. The van der Waals surface area contributed by atoms with E-state index in [0.29, 0.717) is 18.6 Å². The summed E-state index contributed by atoms with van der Waals surface area (Å²) in [6.07, 6.45) is 0.510. The fourth-order valence-electron chi connectivity index (χ4n) is 1.72. The second-order valence-corrected chi connectivity index (χ2v) is 3.72. The van der Waals surface area contributed by atoms with Gasteiger partial charge in [-0.25, -0.2) is 4.79 Å². The number of aliphatic hydroxyl groups is 1. The largest absolute Gasteiger partial charge is 0.478 e. The lowest BCUT2D eigenvalue weighted by atomic mass is 9.92. The zero-order valence-electron chi connectivity index (χ0n) is 8.14. The molecule has 0 amide bonds. The van der Waals surface area contributed by atoms with Gasteiger partial charge in [-0.15, -0.1) is 0 Å². The first kappa shape index (κ1) is 10.1. The van der Waals surface area contributed by atoms with Crippen LogP contribution in [0.4, 0.5) is 0 Å². The second-order valence-electron chi connectivity index (χ2n) is 3.72. The Kier molecular flexibility index (Phi) is 2.46. The zero-order valence-corrected chi connectivity index (χ0v) is 8.14. The Labute approximate surface area is 87.1 Å². The summed E-state index contributed by atoms with van der Waals surface area (Å²) in [5.41, 5.74) is -0.224. The van der Waals surface area contributed by atoms with E-state index in [2.05, 4.69) is 0 Å². The lowest BCUT2D eigenvalue weighted by molar-refractivity contribution is 0.0231. The highest BCUT2D eigenvalue weighted by molar-refractivity contribution is 5.87. The van der Waals surface area contributed by atoms with Crippen LogP contribution in [0.1, 0.15) is 22.3 Å². The van der Waals surface area contributed by atoms with Crippen molar-refractivity contribution in [2.75, 3.05) is 13.2 Å². The number of benzene rings is 1. The van der Waals surface area contributed by atoms with Crippen molar-refractivity contribution in [3.8, 4) is 0 Å². The van der Waals surface area contributed by atoms with E-state index in [1.54, 1.807) is 12.1 Å². The molecule has 0 radical (unpaired) electrons. The monoisotopic (exact) mass is 208 g/mol. The van der Waals surface area contributed by atoms with Crippen LogP contribution in [-0.2, 0) is 10.3 Å². The van der Waals surface area contributed by atoms with Gasteiger partial charge in [-0.3, -0.25) is 0 Å². The summed E-state index contributed by atoms with van der Waals surface area (Å²) in [5.74, 6) is -0.987. The van der Waals surface area contributed by atoms with Crippen molar-refractivity contribution in [1.29, 1.82) is 0 Å². The number of hydrogen-bond donors (Lipinski definition) is 2. The van der Waals surface area contributed by atoms with Crippen LogP contribution >= 0.6 is 0 Å². The van der Waals surface area contributed by atoms with Crippen molar-refractivity contribution < 1.29 is 19.7 Å². The van der Waals surface area contributed by atoms with Crippen molar-refractivity contribution in [2.24, 2.45) is 0 Å². The van der Waals surface area contributed by atoms with Crippen LogP contribution in [0.2, 0.25) is 0 Å². The average Bonchev–Trinajstić information content (AvgIpc) is 2.67. The van der Waals surface area contributed by atoms with Gasteiger partial charge in [0.1, 0.15) is 5.60 Å². The van der Waals surface area contributed by atoms with Gasteiger partial charge in [0.15, 0.2) is 0 Å². The Balaban J connectivity index is 2.36. The van der Waals surface area contributed by atoms with Gasteiger partial charge in [-0.1, -0.05) is 12.1 Å². The predicted octanol–water partition coefficient (Wildman–Crippen LogP) is 0.993. The number of ether oxygens (including phenoxy) is 1. The fraction of sp³-hybridized carbons (Fsp3) is 0.364. The minimum Gasteiger partial charge on any atom is -0.478 e. The van der Waals surface area contributed by atoms with Gasteiger partial charge < -0.3 is 14.9 Å². The van der Waals surface area contributed by atoms with Crippen molar-refractivity contribution in [1.82, 2.24) is 0 Å². The van der Waals surface area contributed by atoms with Crippen LogP contribution in [0.25, 0.3) is 0 Å². The van der Waals surface area contributed by atoms with Gasteiger partial charge in [0.05, 0.1) is 12.2 Å². The third-order valence-electron chi connectivity index (χ3n) is 2.65. The molecule has 2 rings (SSSR count). The van der Waals surface area contributed by atoms with Crippen molar-refractivity contribution >= 4 is 5.97 Å². The molecule has 80 valence electrons. The smallest absolute Gasteiger partial charge is 0.335 e. The molecule has 1 aromatic rings. The minimum absolute atomic E-state index is 0.188. The number of carboxylic acid groups (broad SMARTS) is 1. The summed E-state index contributed by atoms with van der Waals surface area (Å²) in [6, 6.07) is 6.36. The van der Waals surface area contributed by atoms with Crippen LogP contribution in [0.5, 0.6) is 0 Å². The maximum Gasteiger partial charge on any atom is 0.335 e. The molecule has 4 nitrogen and oxygen atoms in total. The molecule has 1 fully saturated rings. The zero-order chi connectivity index (χ0) is 10.9. The van der Waals surface area contributed by atoms with E-state index in [4.69, 9.17) is 9.84 Å². The second kappa shape index (κ2) is 3.64. The Hall–Kier alpha value is -1.39. The molecular weight excluding hydrogens is 196 g/mol. The van der Waals surface area contributed by atoms with Crippen LogP contribution in [0.15, 0.2) is 24.3 Å². The molecule has 1 saturated heterocycles. The molecule has 1 heterocycles. The first-order chi connectivity index (χ1) is 7.12. The van der Waals surface area contributed by atoms with E-state index in [1.807, 2.05) is 0 Å². The molecule has 4 heteroatoms. The highest BCUT2D eigenvalue weighted by Gasteiger charge is 2.34. The number of hydrogen-bond acceptors (Lipinski definition) is 3. The molecule has 1 aromatic carbocycles. The molecule has 0 spiro atoms. The van der Waals surface area contributed by atoms with Crippen LogP contribution in [-0.4, -0.2) is 29.4 Å². The molecule has 0 saturated carbocycles. The summed E-state index contributed by atoms with van der Waals surface area (Å²) in [5, 5.41) is 19.0. The number of carbonyl (C=O) groups is 1. The molecule has 1 atom stereocenters. The molecule has 0 bridgehead atoms. The minimum atomic E-state index is -1.02. The van der Waals surface area contributed by atoms with E-state index in [9.17, 15) is 9.90 Å². The van der Waals surface area contributed by atoms with Gasteiger partial charge in [-0.05, 0) is 17.7 Å². The van der Waals surface area contributed by atoms with E-state index >= 15 is 0 Å². The van der Waals surface area contributed by atoms with E-state index in [1.165, 1.54) is 12.1 Å². The first-order valence-electron chi connectivity index (χ1n) is 4.76. The highest BCUT2D eigenvalue weighted by atomic mass is 16.5. The van der Waals surface area contributed by atoms with E-state index < -0.39 is 11.6 Å². The maximum atomic E-state index is 10.8. The molecule has 15 heavy (non-hydrogen) atoms. The third-order valence-corrected chi connectivity index (χ3v) is 2.65. The third kappa shape index (κ3) is 1.86. The van der Waals surface area contributed by atoms with Gasteiger partial charge >= 0.3 is 5.97 Å². The van der Waals surface area contributed by atoms with Crippen LogP contribution < -0.4 is 0 Å². The number of carboxylic acids is 1. The molecular formula is C11H12O4. The summed E-state index contributed by atoms with van der Waals surface area (Å²) in [6.45, 7) is 0.740. The maximum absolute atomic E-state index is 10.8. The molecule has 0 aromatic heterocycles. The van der Waals surface area contributed by atoms with Gasteiger partial charge in [-0.2, -0.15) is 0 Å². The molecule has 1 aliphatic heterocycles. The van der Waals surface area contributed by atoms with Crippen molar-refractivity contribution in [3.63, 3.8) is 0 Å². The van der Waals surface area contributed by atoms with Gasteiger partial charge in [0, 0.05) is 13.0 Å². The standard InChI is InChI=1S/C11H12O4/c12-10(13)8-2-1-3-9(6-8)11(14)4-5-15-7-11/h1-3,6,14H,4-5,7H2,(H,12,13). The SMILES string of the molecule is O=C(O)c1cccc(C2(O)CCOC2)c1. The summed E-state index contributed by atoms with van der Waals surface area (Å²) in [7, 11) is 0. The summed E-state index contributed by atoms with van der Waals surface area (Å²) < 4.78 is 5.12. The quantitative estimate of drug-likeness (QED) is 0.760. The first-order valence-corrected chi connectivity index (χ1v) is 4.76. The summed E-state index contributed by atoms with van der Waals surface area (Å²) >= 11 is 0. The predicted molar refractivity (Wildman–Crippen MR) is 52.7 cm³/mol. The Morgan fingerprint density at radius 1 is 1.47 bits per heavy atom. The van der Waals surface area contributed by atoms with E-state index in [-0.39, 0.29) is 12.2 Å². The van der Waals surface area contributed by atoms with Crippen molar-refractivity contribution in [2.45, 2.75) is 12.0 Å². The van der Waals surface area contributed by atoms with E-state index in [0.717, 1.165) is 0 Å².